The van der Waals surface area contributed by atoms with Crippen molar-refractivity contribution in [1.29, 1.82) is 0 Å². The summed E-state index contributed by atoms with van der Waals surface area (Å²) in [5.74, 6) is 1.36. The molecule has 0 amide bonds. The Kier molecular flexibility index (Phi) is 6.14. The molecule has 1 fully saturated rings. The van der Waals surface area contributed by atoms with Crippen LogP contribution in [0.4, 0.5) is 0 Å². The number of carbonyl (C=O) groups is 1. The first-order chi connectivity index (χ1) is 8.02. The van der Waals surface area contributed by atoms with Crippen LogP contribution in [0.2, 0.25) is 0 Å². The molecule has 0 aromatic rings. The fourth-order valence-corrected chi connectivity index (χ4v) is 2.95. The standard InChI is InChI=1S/C14H27NO2/c1-4-5-12-6-7-14(17)13(8-12)10-15(3)9-11(2)16/h11-13,16H,4-10H2,1-3H3. The molecule has 1 aliphatic carbocycles. The number of nitrogens with zero attached hydrogens (tertiary/aromatic N) is 1. The van der Waals surface area contributed by atoms with Crippen molar-refractivity contribution in [1.82, 2.24) is 4.90 Å². The van der Waals surface area contributed by atoms with Crippen LogP contribution in [-0.2, 0) is 4.79 Å². The van der Waals surface area contributed by atoms with E-state index in [2.05, 4.69) is 11.8 Å². The maximum atomic E-state index is 11.9. The fraction of sp³-hybridized carbons (Fsp3) is 0.929. The molecule has 0 spiro atoms. The van der Waals surface area contributed by atoms with Gasteiger partial charge in [0.25, 0.3) is 0 Å². The molecule has 0 aliphatic heterocycles. The van der Waals surface area contributed by atoms with Gasteiger partial charge in [-0.25, -0.2) is 0 Å². The molecule has 3 atom stereocenters. The molecule has 3 heteroatoms. The van der Waals surface area contributed by atoms with E-state index in [1.54, 1.807) is 6.92 Å². The van der Waals surface area contributed by atoms with Gasteiger partial charge in [0, 0.05) is 25.4 Å². The number of hydrogen-bond donors (Lipinski definition) is 1. The molecule has 17 heavy (non-hydrogen) atoms. The predicted molar refractivity (Wildman–Crippen MR) is 69.9 cm³/mol. The zero-order valence-electron chi connectivity index (χ0n) is 11.5. The van der Waals surface area contributed by atoms with Crippen molar-refractivity contribution < 1.29 is 9.90 Å². The maximum Gasteiger partial charge on any atom is 0.137 e. The van der Waals surface area contributed by atoms with E-state index in [1.807, 2.05) is 7.05 Å². The summed E-state index contributed by atoms with van der Waals surface area (Å²) in [4.78, 5) is 14.0. The van der Waals surface area contributed by atoms with Gasteiger partial charge in [0.1, 0.15) is 5.78 Å². The second-order valence-corrected chi connectivity index (χ2v) is 5.66. The summed E-state index contributed by atoms with van der Waals surface area (Å²) in [7, 11) is 1.99. The lowest BCUT2D eigenvalue weighted by Crippen LogP contribution is -2.37. The molecular formula is C14H27NO2. The van der Waals surface area contributed by atoms with E-state index in [-0.39, 0.29) is 12.0 Å². The highest BCUT2D eigenvalue weighted by Crippen LogP contribution is 2.30. The highest BCUT2D eigenvalue weighted by molar-refractivity contribution is 5.81. The molecule has 100 valence electrons. The molecule has 1 rings (SSSR count). The zero-order valence-corrected chi connectivity index (χ0v) is 11.5. The summed E-state index contributed by atoms with van der Waals surface area (Å²) >= 11 is 0. The van der Waals surface area contributed by atoms with Crippen molar-refractivity contribution in [3.63, 3.8) is 0 Å². The van der Waals surface area contributed by atoms with Crippen LogP contribution in [0.25, 0.3) is 0 Å². The number of rotatable bonds is 6. The summed E-state index contributed by atoms with van der Waals surface area (Å²) < 4.78 is 0. The van der Waals surface area contributed by atoms with Crippen molar-refractivity contribution in [2.45, 2.75) is 52.1 Å². The maximum absolute atomic E-state index is 11.9. The summed E-state index contributed by atoms with van der Waals surface area (Å²) in [5, 5.41) is 9.33. The van der Waals surface area contributed by atoms with Gasteiger partial charge in [0.05, 0.1) is 6.10 Å². The second kappa shape index (κ2) is 7.12. The third-order valence-corrected chi connectivity index (χ3v) is 3.68. The van der Waals surface area contributed by atoms with Crippen molar-refractivity contribution in [2.24, 2.45) is 11.8 Å². The van der Waals surface area contributed by atoms with Crippen molar-refractivity contribution in [2.75, 3.05) is 20.1 Å². The molecular weight excluding hydrogens is 214 g/mol. The quantitative estimate of drug-likeness (QED) is 0.774. The van der Waals surface area contributed by atoms with Gasteiger partial charge in [0.2, 0.25) is 0 Å². The number of likely N-dealkylation sites (N-methyl/N-ethyl adjacent to an activating group) is 1. The predicted octanol–water partition coefficient (Wildman–Crippen LogP) is 2.08. The smallest absolute Gasteiger partial charge is 0.137 e. The molecule has 1 saturated carbocycles. The molecule has 0 heterocycles. The van der Waals surface area contributed by atoms with E-state index < -0.39 is 0 Å². The van der Waals surface area contributed by atoms with Gasteiger partial charge in [-0.3, -0.25) is 4.79 Å². The number of hydrogen-bond acceptors (Lipinski definition) is 3. The number of aliphatic hydroxyl groups excluding tert-OH is 1. The zero-order chi connectivity index (χ0) is 12.8. The molecule has 0 radical (unpaired) electrons. The molecule has 1 N–H and O–H groups in total. The van der Waals surface area contributed by atoms with E-state index in [4.69, 9.17) is 0 Å². The van der Waals surface area contributed by atoms with Crippen LogP contribution in [-0.4, -0.2) is 42.0 Å². The Hall–Kier alpha value is -0.410. The van der Waals surface area contributed by atoms with Gasteiger partial charge in [-0.2, -0.15) is 0 Å². The van der Waals surface area contributed by atoms with Crippen molar-refractivity contribution in [3.05, 3.63) is 0 Å². The van der Waals surface area contributed by atoms with E-state index in [0.717, 1.165) is 31.7 Å². The first-order valence-corrected chi connectivity index (χ1v) is 6.92. The van der Waals surface area contributed by atoms with Crippen LogP contribution < -0.4 is 0 Å². The SMILES string of the molecule is CCCC1CCC(=O)C(CN(C)CC(C)O)C1. The second-order valence-electron chi connectivity index (χ2n) is 5.66. The number of Topliss-reactive ketones (excluding diaryl/α,β-unsaturated/α-hetero) is 1. The Morgan fingerprint density at radius 1 is 1.53 bits per heavy atom. The highest BCUT2D eigenvalue weighted by Gasteiger charge is 2.28. The first kappa shape index (κ1) is 14.7. The van der Waals surface area contributed by atoms with E-state index >= 15 is 0 Å². The molecule has 3 unspecified atom stereocenters. The highest BCUT2D eigenvalue weighted by atomic mass is 16.3. The van der Waals surface area contributed by atoms with Crippen molar-refractivity contribution >= 4 is 5.78 Å². The molecule has 0 saturated heterocycles. The Morgan fingerprint density at radius 3 is 2.82 bits per heavy atom. The summed E-state index contributed by atoms with van der Waals surface area (Å²) in [5.41, 5.74) is 0. The molecule has 0 aromatic carbocycles. The van der Waals surface area contributed by atoms with E-state index in [0.29, 0.717) is 12.3 Å². The summed E-state index contributed by atoms with van der Waals surface area (Å²) in [6, 6.07) is 0. The number of aliphatic hydroxyl groups is 1. The average Bonchev–Trinajstić information content (AvgIpc) is 2.22. The van der Waals surface area contributed by atoms with E-state index in [1.165, 1.54) is 12.8 Å². The van der Waals surface area contributed by atoms with Crippen LogP contribution >= 0.6 is 0 Å². The van der Waals surface area contributed by atoms with Crippen molar-refractivity contribution in [3.8, 4) is 0 Å². The minimum absolute atomic E-state index is 0.198. The minimum atomic E-state index is -0.315. The number of carbonyl (C=O) groups excluding carboxylic acids is 1. The Morgan fingerprint density at radius 2 is 2.24 bits per heavy atom. The van der Waals surface area contributed by atoms with Gasteiger partial charge in [-0.15, -0.1) is 0 Å². The van der Waals surface area contributed by atoms with Gasteiger partial charge < -0.3 is 10.0 Å². The molecule has 0 bridgehead atoms. The average molecular weight is 241 g/mol. The lowest BCUT2D eigenvalue weighted by molar-refractivity contribution is -0.126. The van der Waals surface area contributed by atoms with Crippen LogP contribution in [0.1, 0.15) is 46.0 Å². The fourth-order valence-electron chi connectivity index (χ4n) is 2.95. The summed E-state index contributed by atoms with van der Waals surface area (Å²) in [6.07, 6.45) is 5.06. The van der Waals surface area contributed by atoms with Gasteiger partial charge >= 0.3 is 0 Å². The third kappa shape index (κ3) is 5.17. The number of ketones is 1. The topological polar surface area (TPSA) is 40.5 Å². The molecule has 0 aromatic heterocycles. The van der Waals surface area contributed by atoms with Crippen LogP contribution in [0.3, 0.4) is 0 Å². The lowest BCUT2D eigenvalue weighted by atomic mass is 9.78. The van der Waals surface area contributed by atoms with Crippen LogP contribution in [0, 0.1) is 11.8 Å². The summed E-state index contributed by atoms with van der Waals surface area (Å²) in [6.45, 7) is 5.47. The first-order valence-electron chi connectivity index (χ1n) is 6.92. The van der Waals surface area contributed by atoms with Crippen LogP contribution in [0.5, 0.6) is 0 Å². The Labute approximate surface area is 105 Å². The third-order valence-electron chi connectivity index (χ3n) is 3.68. The Bertz CT molecular complexity index is 240. The minimum Gasteiger partial charge on any atom is -0.392 e. The van der Waals surface area contributed by atoms with Gasteiger partial charge in [-0.05, 0) is 32.7 Å². The largest absolute Gasteiger partial charge is 0.392 e. The molecule has 3 nitrogen and oxygen atoms in total. The molecule has 1 aliphatic rings. The van der Waals surface area contributed by atoms with Crippen LogP contribution in [0.15, 0.2) is 0 Å². The van der Waals surface area contributed by atoms with E-state index in [9.17, 15) is 9.90 Å². The lowest BCUT2D eigenvalue weighted by Gasteiger charge is -2.31. The monoisotopic (exact) mass is 241 g/mol. The van der Waals surface area contributed by atoms with Gasteiger partial charge in [0.15, 0.2) is 0 Å². The van der Waals surface area contributed by atoms with Gasteiger partial charge in [-0.1, -0.05) is 19.8 Å². The Balaban J connectivity index is 2.41. The normalized spacial score (nSPS) is 27.5.